The maximum absolute atomic E-state index is 12.4. The van der Waals surface area contributed by atoms with Gasteiger partial charge >= 0.3 is 0 Å². The standard InChI is InChI=1S/C21H17N3O5S/c1-26-16-4-3-14(7-17(16)27-2)23-20(25)10-30-21-13(9-22)5-12-6-18-19(29-11-28-18)8-15(12)24-21/h3-8H,10-11H2,1-2H3,(H,23,25). The van der Waals surface area contributed by atoms with Crippen molar-refractivity contribution in [3.8, 4) is 29.1 Å². The molecule has 0 unspecified atom stereocenters. The number of nitrogens with zero attached hydrogens (tertiary/aromatic N) is 2. The van der Waals surface area contributed by atoms with Gasteiger partial charge < -0.3 is 24.3 Å². The summed E-state index contributed by atoms with van der Waals surface area (Å²) in [6.07, 6.45) is 0. The number of ether oxygens (including phenoxy) is 4. The number of benzene rings is 2. The maximum Gasteiger partial charge on any atom is 0.234 e. The second kappa shape index (κ2) is 8.39. The van der Waals surface area contributed by atoms with Gasteiger partial charge in [0.25, 0.3) is 0 Å². The highest BCUT2D eigenvalue weighted by Crippen LogP contribution is 2.37. The molecular formula is C21H17N3O5S. The van der Waals surface area contributed by atoms with E-state index in [1.54, 1.807) is 43.5 Å². The van der Waals surface area contributed by atoms with Crippen molar-refractivity contribution in [2.45, 2.75) is 5.03 Å². The number of hydrogen-bond donors (Lipinski definition) is 1. The maximum atomic E-state index is 12.4. The van der Waals surface area contributed by atoms with Gasteiger partial charge in [-0.3, -0.25) is 4.79 Å². The lowest BCUT2D eigenvalue weighted by atomic mass is 10.1. The van der Waals surface area contributed by atoms with E-state index >= 15 is 0 Å². The molecule has 0 fully saturated rings. The Balaban J connectivity index is 1.49. The molecule has 9 heteroatoms. The van der Waals surface area contributed by atoms with Crippen LogP contribution < -0.4 is 24.3 Å². The number of amides is 1. The lowest BCUT2D eigenvalue weighted by Crippen LogP contribution is -2.14. The molecular weight excluding hydrogens is 406 g/mol. The zero-order valence-electron chi connectivity index (χ0n) is 16.2. The van der Waals surface area contributed by atoms with Gasteiger partial charge in [-0.1, -0.05) is 11.8 Å². The Morgan fingerprint density at radius 1 is 1.17 bits per heavy atom. The Morgan fingerprint density at radius 3 is 2.67 bits per heavy atom. The first-order chi connectivity index (χ1) is 14.6. The zero-order chi connectivity index (χ0) is 21.1. The number of rotatable bonds is 6. The van der Waals surface area contributed by atoms with Crippen molar-refractivity contribution in [2.24, 2.45) is 0 Å². The normalized spacial score (nSPS) is 11.8. The van der Waals surface area contributed by atoms with E-state index in [9.17, 15) is 10.1 Å². The Morgan fingerprint density at radius 2 is 1.93 bits per heavy atom. The van der Waals surface area contributed by atoms with Gasteiger partial charge in [0, 0.05) is 23.2 Å². The van der Waals surface area contributed by atoms with Gasteiger partial charge in [0.05, 0.1) is 31.1 Å². The number of methoxy groups -OCH3 is 2. The third-order valence-corrected chi connectivity index (χ3v) is 5.39. The molecule has 1 amide bonds. The molecule has 3 aromatic rings. The van der Waals surface area contributed by atoms with Gasteiger partial charge in [-0.2, -0.15) is 5.26 Å². The van der Waals surface area contributed by atoms with Crippen LogP contribution in [0.15, 0.2) is 41.4 Å². The number of fused-ring (bicyclic) bond motifs is 2. The number of aromatic nitrogens is 1. The summed E-state index contributed by atoms with van der Waals surface area (Å²) in [4.78, 5) is 16.9. The van der Waals surface area contributed by atoms with E-state index in [0.29, 0.717) is 44.8 Å². The minimum absolute atomic E-state index is 0.0894. The topological polar surface area (TPSA) is 103 Å². The van der Waals surface area contributed by atoms with Gasteiger partial charge in [-0.25, -0.2) is 4.98 Å². The van der Waals surface area contributed by atoms with Crippen molar-refractivity contribution in [2.75, 3.05) is 32.1 Å². The van der Waals surface area contributed by atoms with E-state index in [1.807, 2.05) is 0 Å². The number of nitriles is 1. The second-order valence-electron chi connectivity index (χ2n) is 6.26. The lowest BCUT2D eigenvalue weighted by molar-refractivity contribution is -0.113. The monoisotopic (exact) mass is 423 g/mol. The molecule has 1 aliphatic rings. The lowest BCUT2D eigenvalue weighted by Gasteiger charge is -2.11. The summed E-state index contributed by atoms with van der Waals surface area (Å²) in [5.41, 5.74) is 1.64. The molecule has 0 bridgehead atoms. The van der Waals surface area contributed by atoms with Crippen LogP contribution in [0.5, 0.6) is 23.0 Å². The number of hydrogen-bond acceptors (Lipinski definition) is 8. The quantitative estimate of drug-likeness (QED) is 0.600. The smallest absolute Gasteiger partial charge is 0.234 e. The number of pyridine rings is 1. The summed E-state index contributed by atoms with van der Waals surface area (Å²) in [6, 6.07) is 12.6. The average Bonchev–Trinajstić information content (AvgIpc) is 3.22. The highest BCUT2D eigenvalue weighted by molar-refractivity contribution is 8.00. The van der Waals surface area contributed by atoms with Crippen LogP contribution in [0.4, 0.5) is 5.69 Å². The summed E-state index contributed by atoms with van der Waals surface area (Å²) >= 11 is 1.19. The minimum Gasteiger partial charge on any atom is -0.493 e. The molecule has 0 radical (unpaired) electrons. The van der Waals surface area contributed by atoms with Crippen molar-refractivity contribution < 1.29 is 23.7 Å². The van der Waals surface area contributed by atoms with Crippen molar-refractivity contribution in [3.63, 3.8) is 0 Å². The Hall–Kier alpha value is -3.64. The van der Waals surface area contributed by atoms with Crippen LogP contribution in [-0.2, 0) is 4.79 Å². The second-order valence-corrected chi connectivity index (χ2v) is 7.22. The van der Waals surface area contributed by atoms with E-state index < -0.39 is 0 Å². The number of thioether (sulfide) groups is 1. The molecule has 4 rings (SSSR count). The highest BCUT2D eigenvalue weighted by atomic mass is 32.2. The molecule has 0 atom stereocenters. The van der Waals surface area contributed by atoms with Gasteiger partial charge in [0.1, 0.15) is 11.1 Å². The van der Waals surface area contributed by atoms with Crippen LogP contribution >= 0.6 is 11.8 Å². The number of carbonyl (C=O) groups excluding carboxylic acids is 1. The molecule has 30 heavy (non-hydrogen) atoms. The largest absolute Gasteiger partial charge is 0.493 e. The predicted octanol–water partition coefficient (Wildman–Crippen LogP) is 3.58. The van der Waals surface area contributed by atoms with Crippen molar-refractivity contribution in [1.29, 1.82) is 5.26 Å². The molecule has 0 saturated heterocycles. The van der Waals surface area contributed by atoms with Crippen LogP contribution in [0.1, 0.15) is 5.56 Å². The first-order valence-electron chi connectivity index (χ1n) is 8.90. The number of nitrogens with one attached hydrogen (secondary N) is 1. The third-order valence-electron chi connectivity index (χ3n) is 4.40. The summed E-state index contributed by atoms with van der Waals surface area (Å²) in [6.45, 7) is 0.161. The van der Waals surface area contributed by atoms with Gasteiger partial charge in [-0.05, 0) is 24.3 Å². The van der Waals surface area contributed by atoms with Gasteiger partial charge in [0.2, 0.25) is 12.7 Å². The Bertz CT molecular complexity index is 1180. The molecule has 1 N–H and O–H groups in total. The van der Waals surface area contributed by atoms with E-state index in [1.165, 1.54) is 18.9 Å². The van der Waals surface area contributed by atoms with Crippen LogP contribution in [-0.4, -0.2) is 37.7 Å². The fraction of sp³-hybridized carbons (Fsp3) is 0.190. The highest BCUT2D eigenvalue weighted by Gasteiger charge is 2.17. The van der Waals surface area contributed by atoms with E-state index in [4.69, 9.17) is 18.9 Å². The van der Waals surface area contributed by atoms with Gasteiger partial charge in [0.15, 0.2) is 23.0 Å². The predicted molar refractivity (Wildman–Crippen MR) is 111 cm³/mol. The van der Waals surface area contributed by atoms with Crippen LogP contribution in [0.25, 0.3) is 10.9 Å². The molecule has 0 aliphatic carbocycles. The molecule has 8 nitrogen and oxygen atoms in total. The fourth-order valence-corrected chi connectivity index (χ4v) is 3.74. The van der Waals surface area contributed by atoms with Gasteiger partial charge in [-0.15, -0.1) is 0 Å². The molecule has 0 saturated carbocycles. The summed E-state index contributed by atoms with van der Waals surface area (Å²) in [5, 5.41) is 13.5. The molecule has 1 aliphatic heterocycles. The molecule has 2 aromatic carbocycles. The molecule has 1 aromatic heterocycles. The molecule has 2 heterocycles. The summed E-state index contributed by atoms with van der Waals surface area (Å²) in [7, 11) is 3.07. The van der Waals surface area contributed by atoms with Crippen molar-refractivity contribution >= 4 is 34.3 Å². The fourth-order valence-electron chi connectivity index (χ4n) is 2.98. The van der Waals surface area contributed by atoms with Crippen LogP contribution in [0, 0.1) is 11.3 Å². The van der Waals surface area contributed by atoms with Crippen LogP contribution in [0.3, 0.4) is 0 Å². The minimum atomic E-state index is -0.233. The van der Waals surface area contributed by atoms with E-state index in [2.05, 4.69) is 16.4 Å². The third kappa shape index (κ3) is 3.90. The van der Waals surface area contributed by atoms with Crippen molar-refractivity contribution in [1.82, 2.24) is 4.98 Å². The summed E-state index contributed by atoms with van der Waals surface area (Å²) < 4.78 is 21.2. The van der Waals surface area contributed by atoms with E-state index in [-0.39, 0.29) is 18.5 Å². The number of anilines is 1. The molecule has 152 valence electrons. The Labute approximate surface area is 176 Å². The average molecular weight is 423 g/mol. The van der Waals surface area contributed by atoms with Crippen molar-refractivity contribution in [3.05, 3.63) is 42.0 Å². The first kappa shape index (κ1) is 19.7. The molecule has 0 spiro atoms. The number of carbonyl (C=O) groups is 1. The Kier molecular flexibility index (Phi) is 5.50. The SMILES string of the molecule is COc1ccc(NC(=O)CSc2nc3cc4c(cc3cc2C#N)OCO4)cc1OC. The zero-order valence-corrected chi connectivity index (χ0v) is 17.0. The first-order valence-corrected chi connectivity index (χ1v) is 9.89. The van der Waals surface area contributed by atoms with Crippen LogP contribution in [0.2, 0.25) is 0 Å². The van der Waals surface area contributed by atoms with E-state index in [0.717, 1.165) is 5.39 Å². The summed E-state index contributed by atoms with van der Waals surface area (Å²) in [5.74, 6) is 2.19.